The van der Waals surface area contributed by atoms with Crippen molar-refractivity contribution in [1.82, 2.24) is 15.5 Å². The van der Waals surface area contributed by atoms with Gasteiger partial charge in [0.05, 0.1) is 13.7 Å². The molecule has 28 heavy (non-hydrogen) atoms. The van der Waals surface area contributed by atoms with Gasteiger partial charge < -0.3 is 19.3 Å². The van der Waals surface area contributed by atoms with Crippen molar-refractivity contribution in [2.75, 3.05) is 7.11 Å². The molecule has 1 N–H and O–H groups in total. The molecule has 0 fully saturated rings. The highest BCUT2D eigenvalue weighted by Gasteiger charge is 2.20. The predicted molar refractivity (Wildman–Crippen MR) is 104 cm³/mol. The minimum Gasteiger partial charge on any atom is -0.497 e. The molecule has 1 heterocycles. The molecule has 3 aromatic rings. The van der Waals surface area contributed by atoms with Gasteiger partial charge in [-0.25, -0.2) is 0 Å². The monoisotopic (exact) mass is 381 g/mol. The largest absolute Gasteiger partial charge is 0.497 e. The zero-order chi connectivity index (χ0) is 19.9. The van der Waals surface area contributed by atoms with Crippen molar-refractivity contribution in [3.05, 3.63) is 60.0 Å². The van der Waals surface area contributed by atoms with E-state index in [0.717, 1.165) is 11.1 Å². The maximum absolute atomic E-state index is 12.5. The molecule has 0 bridgehead atoms. The first-order chi connectivity index (χ1) is 13.6. The highest BCUT2D eigenvalue weighted by molar-refractivity contribution is 5.81. The Morgan fingerprint density at radius 3 is 2.79 bits per heavy atom. The lowest BCUT2D eigenvalue weighted by Crippen LogP contribution is -2.37. The van der Waals surface area contributed by atoms with Crippen molar-refractivity contribution in [3.63, 3.8) is 0 Å². The lowest BCUT2D eigenvalue weighted by molar-refractivity contribution is -0.128. The third-order valence-electron chi connectivity index (χ3n) is 4.24. The number of rotatable bonds is 8. The van der Waals surface area contributed by atoms with E-state index in [4.69, 9.17) is 14.0 Å². The number of hydrogen-bond acceptors (Lipinski definition) is 6. The third kappa shape index (κ3) is 4.68. The van der Waals surface area contributed by atoms with E-state index >= 15 is 0 Å². The van der Waals surface area contributed by atoms with Crippen LogP contribution in [0, 0.1) is 6.92 Å². The van der Waals surface area contributed by atoms with Crippen molar-refractivity contribution >= 4 is 5.91 Å². The number of carbonyl (C=O) groups excluding carboxylic acids is 1. The highest BCUT2D eigenvalue weighted by atomic mass is 16.5. The molecular weight excluding hydrogens is 358 g/mol. The Balaban J connectivity index is 1.61. The summed E-state index contributed by atoms with van der Waals surface area (Å²) in [6.45, 7) is 3.97. The van der Waals surface area contributed by atoms with Gasteiger partial charge in [-0.05, 0) is 37.1 Å². The van der Waals surface area contributed by atoms with Crippen molar-refractivity contribution in [1.29, 1.82) is 0 Å². The molecule has 0 aliphatic heterocycles. The molecule has 0 aliphatic rings. The Morgan fingerprint density at radius 1 is 1.21 bits per heavy atom. The molecule has 0 aliphatic carbocycles. The Kier molecular flexibility index (Phi) is 6.26. The van der Waals surface area contributed by atoms with Crippen LogP contribution < -0.4 is 14.8 Å². The maximum Gasteiger partial charge on any atom is 0.261 e. The van der Waals surface area contributed by atoms with E-state index < -0.39 is 6.10 Å². The van der Waals surface area contributed by atoms with Crippen molar-refractivity contribution in [3.8, 4) is 22.9 Å². The van der Waals surface area contributed by atoms with Crippen LogP contribution in [0.4, 0.5) is 0 Å². The topological polar surface area (TPSA) is 86.5 Å². The molecular formula is C21H23N3O4. The second-order valence-electron chi connectivity index (χ2n) is 6.24. The summed E-state index contributed by atoms with van der Waals surface area (Å²) in [5, 5.41) is 6.75. The molecule has 3 rings (SSSR count). The molecule has 0 radical (unpaired) electrons. The molecule has 1 atom stereocenters. The summed E-state index contributed by atoms with van der Waals surface area (Å²) in [5.41, 5.74) is 1.75. The minimum absolute atomic E-state index is 0.128. The first kappa shape index (κ1) is 19.4. The van der Waals surface area contributed by atoms with Crippen molar-refractivity contribution < 1.29 is 18.8 Å². The summed E-state index contributed by atoms with van der Waals surface area (Å²) >= 11 is 0. The number of para-hydroxylation sites is 1. The number of aromatic nitrogens is 2. The molecule has 1 amide bonds. The normalized spacial score (nSPS) is 11.7. The first-order valence-electron chi connectivity index (χ1n) is 9.07. The van der Waals surface area contributed by atoms with Crippen LogP contribution >= 0.6 is 0 Å². The van der Waals surface area contributed by atoms with Gasteiger partial charge in [0, 0.05) is 5.56 Å². The smallest absolute Gasteiger partial charge is 0.261 e. The molecule has 146 valence electrons. The average molecular weight is 381 g/mol. The summed E-state index contributed by atoms with van der Waals surface area (Å²) in [6, 6.07) is 15.0. The lowest BCUT2D eigenvalue weighted by atomic mass is 10.2. The van der Waals surface area contributed by atoms with Gasteiger partial charge >= 0.3 is 0 Å². The van der Waals surface area contributed by atoms with Crippen molar-refractivity contribution in [2.45, 2.75) is 32.9 Å². The number of nitrogens with one attached hydrogen (secondary N) is 1. The second-order valence-corrected chi connectivity index (χ2v) is 6.24. The molecule has 0 spiro atoms. The van der Waals surface area contributed by atoms with Gasteiger partial charge in [0.1, 0.15) is 11.5 Å². The van der Waals surface area contributed by atoms with Crippen LogP contribution in [0.3, 0.4) is 0 Å². The highest BCUT2D eigenvalue weighted by Crippen LogP contribution is 2.21. The fourth-order valence-corrected chi connectivity index (χ4v) is 2.65. The summed E-state index contributed by atoms with van der Waals surface area (Å²) in [7, 11) is 1.60. The molecule has 0 saturated heterocycles. The molecule has 0 unspecified atom stereocenters. The Hall–Kier alpha value is -3.35. The van der Waals surface area contributed by atoms with Crippen LogP contribution in [0.5, 0.6) is 11.5 Å². The van der Waals surface area contributed by atoms with Crippen LogP contribution in [0.2, 0.25) is 0 Å². The first-order valence-corrected chi connectivity index (χ1v) is 9.07. The van der Waals surface area contributed by atoms with Gasteiger partial charge in [-0.1, -0.05) is 42.4 Å². The number of benzene rings is 2. The third-order valence-corrected chi connectivity index (χ3v) is 4.24. The van der Waals surface area contributed by atoms with E-state index in [1.807, 2.05) is 62.4 Å². The van der Waals surface area contributed by atoms with Gasteiger partial charge in [-0.3, -0.25) is 4.79 Å². The van der Waals surface area contributed by atoms with E-state index in [-0.39, 0.29) is 12.5 Å². The maximum atomic E-state index is 12.5. The van der Waals surface area contributed by atoms with E-state index in [9.17, 15) is 4.79 Å². The molecule has 7 heteroatoms. The fourth-order valence-electron chi connectivity index (χ4n) is 2.65. The van der Waals surface area contributed by atoms with Crippen LogP contribution in [0.25, 0.3) is 11.4 Å². The number of methoxy groups -OCH3 is 1. The number of aryl methyl sites for hydroxylation is 1. The Labute approximate surface area is 163 Å². The van der Waals surface area contributed by atoms with Gasteiger partial charge in [-0.15, -0.1) is 0 Å². The van der Waals surface area contributed by atoms with Gasteiger partial charge in [-0.2, -0.15) is 4.98 Å². The van der Waals surface area contributed by atoms with E-state index in [2.05, 4.69) is 15.5 Å². The Bertz CT molecular complexity index is 939. The van der Waals surface area contributed by atoms with Gasteiger partial charge in [0.25, 0.3) is 5.91 Å². The Morgan fingerprint density at radius 2 is 2.04 bits per heavy atom. The molecule has 1 aromatic heterocycles. The number of nitrogens with zero attached hydrogens (tertiary/aromatic N) is 2. The van der Waals surface area contributed by atoms with Crippen LogP contribution in [0.1, 0.15) is 24.8 Å². The van der Waals surface area contributed by atoms with Gasteiger partial charge in [0.2, 0.25) is 11.7 Å². The molecule has 2 aromatic carbocycles. The van der Waals surface area contributed by atoms with E-state index in [1.54, 1.807) is 7.11 Å². The predicted octanol–water partition coefficient (Wildman–Crippen LogP) is 3.53. The fraction of sp³-hybridized carbons (Fsp3) is 0.286. The summed E-state index contributed by atoms with van der Waals surface area (Å²) < 4.78 is 16.3. The quantitative estimate of drug-likeness (QED) is 0.642. The zero-order valence-electron chi connectivity index (χ0n) is 16.1. The molecule has 0 saturated carbocycles. The summed E-state index contributed by atoms with van der Waals surface area (Å²) in [6.07, 6.45) is -0.0547. The lowest BCUT2D eigenvalue weighted by Gasteiger charge is -2.18. The van der Waals surface area contributed by atoms with Crippen LogP contribution in [-0.2, 0) is 11.3 Å². The van der Waals surface area contributed by atoms with Gasteiger partial charge in [0.15, 0.2) is 6.10 Å². The van der Waals surface area contributed by atoms with E-state index in [0.29, 0.717) is 29.6 Å². The standard InChI is InChI=1S/C21H23N3O4/c1-4-17(27-18-11-6-5-8-14(18)2)21(25)22-13-19-23-20(24-28-19)15-9-7-10-16(12-15)26-3/h5-12,17H,4,13H2,1-3H3,(H,22,25)/t17-/m0/s1. The number of ether oxygens (including phenoxy) is 2. The number of amides is 1. The zero-order valence-corrected chi connectivity index (χ0v) is 16.1. The second kappa shape index (κ2) is 9.03. The molecule has 7 nitrogen and oxygen atoms in total. The SMILES string of the molecule is CC[C@H](Oc1ccccc1C)C(=O)NCc1nc(-c2cccc(OC)c2)no1. The van der Waals surface area contributed by atoms with Crippen molar-refractivity contribution in [2.24, 2.45) is 0 Å². The average Bonchev–Trinajstić information content (AvgIpc) is 3.20. The van der Waals surface area contributed by atoms with Crippen LogP contribution in [0.15, 0.2) is 53.1 Å². The summed E-state index contributed by atoms with van der Waals surface area (Å²) in [4.78, 5) is 16.8. The minimum atomic E-state index is -0.595. The summed E-state index contributed by atoms with van der Waals surface area (Å²) in [5.74, 6) is 1.93. The van der Waals surface area contributed by atoms with E-state index in [1.165, 1.54) is 0 Å². The number of hydrogen-bond donors (Lipinski definition) is 1. The number of carbonyl (C=O) groups is 1. The van der Waals surface area contributed by atoms with Crippen LogP contribution in [-0.4, -0.2) is 29.3 Å².